The zero-order chi connectivity index (χ0) is 18.1. The topological polar surface area (TPSA) is 49.3 Å². The zero-order valence-electron chi connectivity index (χ0n) is 14.1. The molecule has 0 amide bonds. The Hall–Kier alpha value is -1.75. The van der Waals surface area contributed by atoms with Gasteiger partial charge in [-0.1, -0.05) is 23.7 Å². The first-order valence-electron chi connectivity index (χ1n) is 8.49. The lowest BCUT2D eigenvalue weighted by Crippen LogP contribution is -2.18. The first kappa shape index (κ1) is 19.6. The molecule has 0 aromatic heterocycles. The Morgan fingerprint density at radius 3 is 2.36 bits per heavy atom. The molecule has 25 heavy (non-hydrogen) atoms. The Kier molecular flexibility index (Phi) is 8.06. The van der Waals surface area contributed by atoms with Crippen molar-refractivity contribution in [1.82, 2.24) is 5.32 Å². The highest BCUT2D eigenvalue weighted by Crippen LogP contribution is 2.20. The third-order valence-electron chi connectivity index (χ3n) is 4.01. The van der Waals surface area contributed by atoms with Gasteiger partial charge in [0.1, 0.15) is 5.82 Å². The van der Waals surface area contributed by atoms with E-state index in [4.69, 9.17) is 11.6 Å². The van der Waals surface area contributed by atoms with Crippen LogP contribution in [0.3, 0.4) is 0 Å². The number of nitrogens with one attached hydrogen (secondary N) is 1. The van der Waals surface area contributed by atoms with Crippen molar-refractivity contribution < 1.29 is 14.3 Å². The molecular weight excluding hydrogens is 341 g/mol. The Morgan fingerprint density at radius 1 is 1.04 bits per heavy atom. The molecule has 1 atom stereocenters. The summed E-state index contributed by atoms with van der Waals surface area (Å²) in [5, 5.41) is 14.0. The van der Waals surface area contributed by atoms with Gasteiger partial charge in [-0.15, -0.1) is 0 Å². The lowest BCUT2D eigenvalue weighted by Gasteiger charge is -2.11. The summed E-state index contributed by atoms with van der Waals surface area (Å²) in [5.41, 5.74) is 1.42. The molecule has 0 aliphatic rings. The molecule has 0 saturated heterocycles. The highest BCUT2D eigenvalue weighted by molar-refractivity contribution is 6.30. The Labute approximate surface area is 152 Å². The van der Waals surface area contributed by atoms with Gasteiger partial charge in [0.15, 0.2) is 5.78 Å². The zero-order valence-corrected chi connectivity index (χ0v) is 14.8. The Balaban J connectivity index is 1.55. The van der Waals surface area contributed by atoms with Crippen molar-refractivity contribution >= 4 is 17.4 Å². The van der Waals surface area contributed by atoms with Gasteiger partial charge in [-0.3, -0.25) is 4.79 Å². The highest BCUT2D eigenvalue weighted by Gasteiger charge is 2.07. The van der Waals surface area contributed by atoms with Crippen molar-refractivity contribution in [1.29, 1.82) is 0 Å². The van der Waals surface area contributed by atoms with Crippen molar-refractivity contribution in [2.75, 3.05) is 13.1 Å². The number of aliphatic hydroxyl groups is 1. The van der Waals surface area contributed by atoms with Gasteiger partial charge in [0.25, 0.3) is 0 Å². The normalized spacial score (nSPS) is 12.1. The molecule has 2 rings (SSSR count). The summed E-state index contributed by atoms with van der Waals surface area (Å²) in [4.78, 5) is 11.9. The third-order valence-corrected chi connectivity index (χ3v) is 4.26. The van der Waals surface area contributed by atoms with Crippen LogP contribution in [0, 0.1) is 5.82 Å². The molecule has 0 saturated carbocycles. The van der Waals surface area contributed by atoms with Crippen LogP contribution < -0.4 is 5.32 Å². The maximum Gasteiger partial charge on any atom is 0.162 e. The Morgan fingerprint density at radius 2 is 1.68 bits per heavy atom. The smallest absolute Gasteiger partial charge is 0.162 e. The first-order valence-corrected chi connectivity index (χ1v) is 8.87. The number of carbonyl (C=O) groups excluding carboxylic acids is 1. The van der Waals surface area contributed by atoms with Crippen molar-refractivity contribution in [3.63, 3.8) is 0 Å². The lowest BCUT2D eigenvalue weighted by atomic mass is 10.0. The molecule has 0 aliphatic carbocycles. The van der Waals surface area contributed by atoms with E-state index in [0.717, 1.165) is 31.5 Å². The van der Waals surface area contributed by atoms with Crippen LogP contribution in [0.1, 0.15) is 47.7 Å². The molecule has 2 aromatic carbocycles. The molecule has 0 spiro atoms. The summed E-state index contributed by atoms with van der Waals surface area (Å²) in [5.74, 6) is -0.307. The average Bonchev–Trinajstić information content (AvgIpc) is 2.61. The van der Waals surface area contributed by atoms with E-state index in [1.165, 1.54) is 24.3 Å². The number of rotatable bonds is 10. The van der Waals surface area contributed by atoms with Gasteiger partial charge in [0.05, 0.1) is 6.10 Å². The van der Waals surface area contributed by atoms with E-state index in [1.807, 2.05) is 12.1 Å². The molecule has 3 nitrogen and oxygen atoms in total. The van der Waals surface area contributed by atoms with Crippen LogP contribution in [0.2, 0.25) is 5.02 Å². The summed E-state index contributed by atoms with van der Waals surface area (Å²) in [6, 6.07) is 12.9. The minimum absolute atomic E-state index is 0.0277. The molecule has 0 bridgehead atoms. The molecule has 0 radical (unpaired) electrons. The van der Waals surface area contributed by atoms with Crippen molar-refractivity contribution in [3.8, 4) is 0 Å². The molecule has 0 heterocycles. The fourth-order valence-corrected chi connectivity index (χ4v) is 2.68. The maximum absolute atomic E-state index is 12.8. The van der Waals surface area contributed by atoms with Gasteiger partial charge in [-0.2, -0.15) is 0 Å². The van der Waals surface area contributed by atoms with Crippen LogP contribution in [-0.2, 0) is 0 Å². The summed E-state index contributed by atoms with van der Waals surface area (Å²) >= 11 is 5.83. The van der Waals surface area contributed by atoms with Crippen LogP contribution in [0.4, 0.5) is 4.39 Å². The van der Waals surface area contributed by atoms with E-state index in [0.29, 0.717) is 23.4 Å². The van der Waals surface area contributed by atoms with E-state index in [9.17, 15) is 14.3 Å². The highest BCUT2D eigenvalue weighted by atomic mass is 35.5. The third kappa shape index (κ3) is 6.94. The van der Waals surface area contributed by atoms with Crippen LogP contribution >= 0.6 is 11.6 Å². The van der Waals surface area contributed by atoms with Crippen LogP contribution in [0.5, 0.6) is 0 Å². The Bertz CT molecular complexity index is 658. The molecule has 134 valence electrons. The molecule has 5 heteroatoms. The van der Waals surface area contributed by atoms with Gasteiger partial charge < -0.3 is 10.4 Å². The molecule has 2 aromatic rings. The van der Waals surface area contributed by atoms with E-state index in [2.05, 4.69) is 5.32 Å². The second kappa shape index (κ2) is 10.3. The number of Topliss-reactive ketones (excluding diaryl/α,β-unsaturated/α-hetero) is 1. The van der Waals surface area contributed by atoms with Crippen LogP contribution in [-0.4, -0.2) is 24.0 Å². The fraction of sp³-hybridized carbons (Fsp3) is 0.350. The SMILES string of the molecule is O=C(CCCNCCC[C@H](O)c1ccc(Cl)cc1)c1ccc(F)cc1. The summed E-state index contributed by atoms with van der Waals surface area (Å²) in [6.07, 6.45) is 2.19. The predicted molar refractivity (Wildman–Crippen MR) is 98.5 cm³/mol. The second-order valence-corrected chi connectivity index (χ2v) is 6.43. The van der Waals surface area contributed by atoms with Crippen molar-refractivity contribution in [3.05, 3.63) is 70.5 Å². The lowest BCUT2D eigenvalue weighted by molar-refractivity contribution is 0.0980. The fourth-order valence-electron chi connectivity index (χ4n) is 2.55. The van der Waals surface area contributed by atoms with Gasteiger partial charge in [0.2, 0.25) is 0 Å². The predicted octanol–water partition coefficient (Wildman–Crippen LogP) is 4.55. The van der Waals surface area contributed by atoms with Crippen LogP contribution in [0.15, 0.2) is 48.5 Å². The van der Waals surface area contributed by atoms with E-state index in [-0.39, 0.29) is 11.6 Å². The maximum atomic E-state index is 12.8. The van der Waals surface area contributed by atoms with Crippen LogP contribution in [0.25, 0.3) is 0 Å². The summed E-state index contributed by atoms with van der Waals surface area (Å²) < 4.78 is 12.8. The molecule has 0 unspecified atom stereocenters. The number of aliphatic hydroxyl groups excluding tert-OH is 1. The molecule has 0 aliphatic heterocycles. The summed E-state index contributed by atoms with van der Waals surface area (Å²) in [7, 11) is 0. The number of hydrogen-bond acceptors (Lipinski definition) is 3. The van der Waals surface area contributed by atoms with Gasteiger partial charge in [-0.25, -0.2) is 4.39 Å². The number of halogens is 2. The average molecular weight is 364 g/mol. The minimum atomic E-state index is -0.487. The summed E-state index contributed by atoms with van der Waals surface area (Å²) in [6.45, 7) is 1.53. The number of carbonyl (C=O) groups is 1. The largest absolute Gasteiger partial charge is 0.388 e. The quantitative estimate of drug-likeness (QED) is 0.481. The van der Waals surface area contributed by atoms with Gasteiger partial charge >= 0.3 is 0 Å². The van der Waals surface area contributed by atoms with Crippen molar-refractivity contribution in [2.45, 2.75) is 31.8 Å². The second-order valence-electron chi connectivity index (χ2n) is 5.99. The van der Waals surface area contributed by atoms with E-state index in [1.54, 1.807) is 12.1 Å². The molecule has 0 fully saturated rings. The standard InChI is InChI=1S/C20H23ClFNO2/c21-17-9-5-15(6-10-17)19(24)3-1-13-23-14-2-4-20(25)16-7-11-18(22)12-8-16/h5-12,19,23-24H,1-4,13-14H2/t19-/m0/s1. The van der Waals surface area contributed by atoms with Gasteiger partial charge in [0, 0.05) is 17.0 Å². The van der Waals surface area contributed by atoms with Gasteiger partial charge in [-0.05, 0) is 74.3 Å². The number of ketones is 1. The number of hydrogen-bond donors (Lipinski definition) is 2. The van der Waals surface area contributed by atoms with Crippen molar-refractivity contribution in [2.24, 2.45) is 0 Å². The number of benzene rings is 2. The molecular formula is C20H23ClFNO2. The monoisotopic (exact) mass is 363 g/mol. The van der Waals surface area contributed by atoms with E-state index >= 15 is 0 Å². The van der Waals surface area contributed by atoms with E-state index < -0.39 is 6.10 Å². The molecule has 2 N–H and O–H groups in total. The first-order chi connectivity index (χ1) is 12.1. The minimum Gasteiger partial charge on any atom is -0.388 e.